The van der Waals surface area contributed by atoms with Gasteiger partial charge in [0.1, 0.15) is 5.25 Å². The number of ether oxygens (including phenoxy) is 2. The molecule has 10 heteroatoms. The second kappa shape index (κ2) is 10.4. The molecule has 3 heterocycles. The monoisotopic (exact) mass is 494 g/mol. The van der Waals surface area contributed by atoms with Crippen molar-refractivity contribution in [3.8, 4) is 11.5 Å². The number of amides is 3. The Morgan fingerprint density at radius 3 is 2.60 bits per heavy atom. The molecule has 2 aromatic carbocycles. The number of thioether (sulfide) groups is 1. The summed E-state index contributed by atoms with van der Waals surface area (Å²) in [5.74, 6) is 0.634. The summed E-state index contributed by atoms with van der Waals surface area (Å²) in [7, 11) is 0. The molecule has 1 unspecified atom stereocenters. The van der Waals surface area contributed by atoms with E-state index >= 15 is 0 Å². The zero-order chi connectivity index (χ0) is 24.2. The fourth-order valence-corrected chi connectivity index (χ4v) is 5.27. The van der Waals surface area contributed by atoms with Gasteiger partial charge in [-0.25, -0.2) is 0 Å². The van der Waals surface area contributed by atoms with Crippen molar-refractivity contribution in [1.82, 2.24) is 10.2 Å². The molecular weight excluding hydrogens is 468 g/mol. The molecule has 1 atom stereocenters. The first-order valence-corrected chi connectivity index (χ1v) is 12.5. The van der Waals surface area contributed by atoms with E-state index in [-0.39, 0.29) is 30.9 Å². The van der Waals surface area contributed by atoms with Crippen molar-refractivity contribution in [2.45, 2.75) is 37.5 Å². The maximum Gasteiger partial charge on any atom is 0.262 e. The Hall–Kier alpha value is -3.53. The summed E-state index contributed by atoms with van der Waals surface area (Å²) in [5, 5.41) is 5.92. The van der Waals surface area contributed by atoms with E-state index in [1.165, 1.54) is 18.2 Å². The van der Waals surface area contributed by atoms with E-state index in [0.717, 1.165) is 36.7 Å². The molecule has 3 aliphatic rings. The lowest BCUT2D eigenvalue weighted by molar-refractivity contribution is -0.121. The number of aliphatic imine (C=N–C) groups is 1. The third kappa shape index (κ3) is 5.59. The molecule has 35 heavy (non-hydrogen) atoms. The summed E-state index contributed by atoms with van der Waals surface area (Å²) in [6, 6.07) is 12.2. The third-order valence-corrected chi connectivity index (χ3v) is 7.26. The van der Waals surface area contributed by atoms with Crippen LogP contribution in [0, 0.1) is 0 Å². The number of benzene rings is 2. The van der Waals surface area contributed by atoms with Gasteiger partial charge in [-0.3, -0.25) is 14.4 Å². The summed E-state index contributed by atoms with van der Waals surface area (Å²) < 4.78 is 10.7. The van der Waals surface area contributed by atoms with Gasteiger partial charge in [-0.05, 0) is 61.2 Å². The van der Waals surface area contributed by atoms with Crippen LogP contribution in [0.4, 0.5) is 5.69 Å². The van der Waals surface area contributed by atoms with Crippen LogP contribution in [0.25, 0.3) is 0 Å². The van der Waals surface area contributed by atoms with Crippen molar-refractivity contribution >= 4 is 40.3 Å². The molecule has 2 N–H and O–H groups in total. The summed E-state index contributed by atoms with van der Waals surface area (Å²) in [4.78, 5) is 43.6. The molecule has 0 spiro atoms. The van der Waals surface area contributed by atoms with Crippen molar-refractivity contribution in [3.63, 3.8) is 0 Å². The Balaban J connectivity index is 1.09. The number of nitrogens with one attached hydrogen (secondary N) is 2. The number of piperidine rings is 1. The Bertz CT molecular complexity index is 1160. The molecule has 0 aliphatic carbocycles. The van der Waals surface area contributed by atoms with Gasteiger partial charge in [-0.1, -0.05) is 17.8 Å². The van der Waals surface area contributed by atoms with Gasteiger partial charge in [0.15, 0.2) is 16.7 Å². The second-order valence-corrected chi connectivity index (χ2v) is 9.76. The minimum absolute atomic E-state index is 0.0576. The van der Waals surface area contributed by atoms with Crippen molar-refractivity contribution in [3.05, 3.63) is 53.6 Å². The van der Waals surface area contributed by atoms with Gasteiger partial charge in [0.05, 0.1) is 0 Å². The van der Waals surface area contributed by atoms with Gasteiger partial charge in [0.25, 0.3) is 11.8 Å². The zero-order valence-corrected chi connectivity index (χ0v) is 19.9. The summed E-state index contributed by atoms with van der Waals surface area (Å²) in [5.41, 5.74) is 1.94. The Morgan fingerprint density at radius 1 is 1.03 bits per heavy atom. The maximum atomic E-state index is 12.5. The van der Waals surface area contributed by atoms with Gasteiger partial charge in [0.2, 0.25) is 12.7 Å². The lowest BCUT2D eigenvalue weighted by Gasteiger charge is -2.27. The van der Waals surface area contributed by atoms with E-state index in [1.54, 1.807) is 24.3 Å². The highest BCUT2D eigenvalue weighted by atomic mass is 32.2. The molecule has 3 aliphatic heterocycles. The quantitative estimate of drug-likeness (QED) is 0.635. The maximum absolute atomic E-state index is 12.5. The molecule has 9 nitrogen and oxygen atoms in total. The Morgan fingerprint density at radius 2 is 1.80 bits per heavy atom. The molecule has 0 bridgehead atoms. The number of hydrogen-bond acceptors (Lipinski definition) is 7. The molecule has 1 fully saturated rings. The first-order valence-electron chi connectivity index (χ1n) is 11.7. The van der Waals surface area contributed by atoms with E-state index in [1.807, 2.05) is 18.2 Å². The number of likely N-dealkylation sites (tertiary alicyclic amines) is 1. The van der Waals surface area contributed by atoms with E-state index in [4.69, 9.17) is 9.47 Å². The highest BCUT2D eigenvalue weighted by Gasteiger charge is 2.33. The summed E-state index contributed by atoms with van der Waals surface area (Å²) >= 11 is 1.38. The molecule has 0 radical (unpaired) electrons. The van der Waals surface area contributed by atoms with E-state index in [9.17, 15) is 14.4 Å². The van der Waals surface area contributed by atoms with Crippen LogP contribution in [0.1, 0.15) is 41.6 Å². The lowest BCUT2D eigenvalue weighted by atomic mass is 10.1. The number of carbonyl (C=O) groups excluding carboxylic acids is 3. The SMILES string of the molecule is O=C(CC1SC(N2CCCCC2)=NC1=O)Nc1ccc(C(=O)NCc2ccc3c(c2)OCO3)cc1. The van der Waals surface area contributed by atoms with Crippen LogP contribution in [0.3, 0.4) is 0 Å². The van der Waals surface area contributed by atoms with Crippen LogP contribution in [-0.2, 0) is 16.1 Å². The predicted molar refractivity (Wildman–Crippen MR) is 133 cm³/mol. The van der Waals surface area contributed by atoms with Gasteiger partial charge in [-0.2, -0.15) is 4.99 Å². The number of amidine groups is 1. The predicted octanol–water partition coefficient (Wildman–Crippen LogP) is 3.16. The largest absolute Gasteiger partial charge is 0.454 e. The third-order valence-electron chi connectivity index (χ3n) is 6.05. The minimum atomic E-state index is -0.492. The van der Waals surface area contributed by atoms with E-state index in [2.05, 4.69) is 20.5 Å². The molecular formula is C25H26N4O5S. The first kappa shape index (κ1) is 23.2. The molecule has 5 rings (SSSR count). The van der Waals surface area contributed by atoms with Crippen molar-refractivity contribution in [2.75, 3.05) is 25.2 Å². The smallest absolute Gasteiger partial charge is 0.262 e. The molecule has 182 valence electrons. The summed E-state index contributed by atoms with van der Waals surface area (Å²) in [6.07, 6.45) is 3.47. The topological polar surface area (TPSA) is 109 Å². The number of rotatable bonds is 6. The Labute approximate surface area is 207 Å². The highest BCUT2D eigenvalue weighted by Crippen LogP contribution is 2.32. The number of anilines is 1. The minimum Gasteiger partial charge on any atom is -0.454 e. The van der Waals surface area contributed by atoms with Crippen LogP contribution in [0.15, 0.2) is 47.5 Å². The van der Waals surface area contributed by atoms with E-state index < -0.39 is 5.25 Å². The van der Waals surface area contributed by atoms with Crippen LogP contribution in [0.2, 0.25) is 0 Å². The van der Waals surface area contributed by atoms with Crippen LogP contribution in [0.5, 0.6) is 11.5 Å². The van der Waals surface area contributed by atoms with Crippen molar-refractivity contribution in [1.29, 1.82) is 0 Å². The van der Waals surface area contributed by atoms with Crippen molar-refractivity contribution in [2.24, 2.45) is 4.99 Å². The fraction of sp³-hybridized carbons (Fsp3) is 0.360. The molecule has 3 amide bonds. The fourth-order valence-electron chi connectivity index (χ4n) is 4.15. The zero-order valence-electron chi connectivity index (χ0n) is 19.1. The molecule has 2 aromatic rings. The van der Waals surface area contributed by atoms with Gasteiger partial charge < -0.3 is 25.0 Å². The summed E-state index contributed by atoms with van der Waals surface area (Å²) in [6.45, 7) is 2.38. The molecule has 1 saturated heterocycles. The number of fused-ring (bicyclic) bond motifs is 1. The Kier molecular flexibility index (Phi) is 6.89. The number of hydrogen-bond donors (Lipinski definition) is 2. The normalized spacial score (nSPS) is 18.9. The van der Waals surface area contributed by atoms with Gasteiger partial charge in [0, 0.05) is 37.3 Å². The number of carbonyl (C=O) groups is 3. The lowest BCUT2D eigenvalue weighted by Crippen LogP contribution is -2.33. The second-order valence-electron chi connectivity index (χ2n) is 8.59. The van der Waals surface area contributed by atoms with Gasteiger partial charge in [-0.15, -0.1) is 0 Å². The van der Waals surface area contributed by atoms with Crippen LogP contribution < -0.4 is 20.1 Å². The number of nitrogens with zero attached hydrogens (tertiary/aromatic N) is 2. The molecule has 0 aromatic heterocycles. The average Bonchev–Trinajstić information content (AvgIpc) is 3.49. The van der Waals surface area contributed by atoms with Crippen LogP contribution >= 0.6 is 11.8 Å². The van der Waals surface area contributed by atoms with Crippen LogP contribution in [-0.4, -0.2) is 52.9 Å². The standard InChI is InChI=1S/C25H26N4O5S/c30-22(13-21-24(32)28-25(35-21)29-10-2-1-3-11-29)27-18-7-5-17(6-8-18)23(31)26-14-16-4-9-19-20(12-16)34-15-33-19/h4-9,12,21H,1-3,10-11,13-15H2,(H,26,31)(H,27,30). The van der Waals surface area contributed by atoms with Gasteiger partial charge >= 0.3 is 0 Å². The van der Waals surface area contributed by atoms with Crippen molar-refractivity contribution < 1.29 is 23.9 Å². The molecule has 0 saturated carbocycles. The highest BCUT2D eigenvalue weighted by molar-refractivity contribution is 8.15. The first-order chi connectivity index (χ1) is 17.0. The van der Waals surface area contributed by atoms with E-state index in [0.29, 0.717) is 29.3 Å². The average molecular weight is 495 g/mol.